The number of anilines is 1. The minimum absolute atomic E-state index is 0.0848. The van der Waals surface area contributed by atoms with E-state index in [0.717, 1.165) is 23.4 Å². The molecule has 0 saturated carbocycles. The minimum atomic E-state index is -0.0848. The van der Waals surface area contributed by atoms with E-state index in [4.69, 9.17) is 9.15 Å². The summed E-state index contributed by atoms with van der Waals surface area (Å²) >= 11 is 0. The summed E-state index contributed by atoms with van der Waals surface area (Å²) in [5, 5.41) is 10.9. The van der Waals surface area contributed by atoms with Gasteiger partial charge in [-0.1, -0.05) is 19.1 Å². The van der Waals surface area contributed by atoms with E-state index in [-0.39, 0.29) is 12.3 Å². The van der Waals surface area contributed by atoms with Crippen LogP contribution in [0.2, 0.25) is 0 Å². The van der Waals surface area contributed by atoms with Crippen LogP contribution in [-0.4, -0.2) is 23.2 Å². The number of ether oxygens (including phenoxy) is 1. The van der Waals surface area contributed by atoms with Gasteiger partial charge in [-0.15, -0.1) is 10.2 Å². The first-order valence-corrected chi connectivity index (χ1v) is 8.53. The highest BCUT2D eigenvalue weighted by molar-refractivity contribution is 5.90. The molecule has 0 fully saturated rings. The van der Waals surface area contributed by atoms with Crippen molar-refractivity contribution in [3.63, 3.8) is 0 Å². The van der Waals surface area contributed by atoms with Crippen molar-refractivity contribution in [3.05, 3.63) is 60.0 Å². The number of hydrogen-bond acceptors (Lipinski definition) is 5. The normalized spacial score (nSPS) is 10.5. The van der Waals surface area contributed by atoms with Crippen molar-refractivity contribution in [2.75, 3.05) is 12.4 Å². The number of carbonyl (C=O) groups excluding carboxylic acids is 1. The van der Waals surface area contributed by atoms with E-state index in [1.54, 1.807) is 7.11 Å². The minimum Gasteiger partial charge on any atom is -0.497 e. The van der Waals surface area contributed by atoms with Crippen LogP contribution in [0.15, 0.2) is 52.9 Å². The number of aryl methyl sites for hydroxylation is 2. The quantitative estimate of drug-likeness (QED) is 0.699. The molecule has 1 aromatic heterocycles. The fraction of sp³-hybridized carbons (Fsp3) is 0.250. The summed E-state index contributed by atoms with van der Waals surface area (Å²) < 4.78 is 10.8. The predicted molar refractivity (Wildman–Crippen MR) is 99.1 cm³/mol. The van der Waals surface area contributed by atoms with E-state index in [9.17, 15) is 4.79 Å². The molecule has 134 valence electrons. The van der Waals surface area contributed by atoms with Crippen LogP contribution in [0.25, 0.3) is 11.5 Å². The number of methoxy groups -OCH3 is 1. The lowest BCUT2D eigenvalue weighted by Gasteiger charge is -2.05. The van der Waals surface area contributed by atoms with Gasteiger partial charge in [-0.2, -0.15) is 0 Å². The highest BCUT2D eigenvalue weighted by Gasteiger charge is 2.11. The standard InChI is InChI=1S/C20H21N3O3/c1-3-14-4-8-16(9-5-14)21-18(24)12-13-19-22-23-20(26-19)15-6-10-17(25-2)11-7-15/h4-11H,3,12-13H2,1-2H3,(H,21,24). The number of hydrogen-bond donors (Lipinski definition) is 1. The van der Waals surface area contributed by atoms with Gasteiger partial charge in [0.25, 0.3) is 0 Å². The fourth-order valence-corrected chi connectivity index (χ4v) is 2.47. The van der Waals surface area contributed by atoms with Crippen LogP contribution in [0.3, 0.4) is 0 Å². The molecule has 0 bridgehead atoms. The van der Waals surface area contributed by atoms with Crippen molar-refractivity contribution < 1.29 is 13.9 Å². The largest absolute Gasteiger partial charge is 0.497 e. The van der Waals surface area contributed by atoms with Crippen LogP contribution in [0, 0.1) is 0 Å². The molecule has 0 aliphatic carbocycles. The second-order valence-electron chi connectivity index (χ2n) is 5.83. The highest BCUT2D eigenvalue weighted by Crippen LogP contribution is 2.21. The SMILES string of the molecule is CCc1ccc(NC(=O)CCc2nnc(-c3ccc(OC)cc3)o2)cc1. The van der Waals surface area contributed by atoms with E-state index < -0.39 is 0 Å². The first kappa shape index (κ1) is 17.7. The molecule has 0 spiro atoms. The third-order valence-electron chi connectivity index (χ3n) is 4.02. The third kappa shape index (κ3) is 4.47. The number of rotatable bonds is 7. The van der Waals surface area contributed by atoms with Crippen LogP contribution >= 0.6 is 0 Å². The van der Waals surface area contributed by atoms with Gasteiger partial charge < -0.3 is 14.5 Å². The Bertz CT molecular complexity index is 855. The molecule has 2 aromatic carbocycles. The summed E-state index contributed by atoms with van der Waals surface area (Å²) in [7, 11) is 1.61. The Labute approximate surface area is 152 Å². The first-order chi connectivity index (χ1) is 12.7. The van der Waals surface area contributed by atoms with E-state index in [1.807, 2.05) is 48.5 Å². The topological polar surface area (TPSA) is 77.2 Å². The molecule has 0 saturated heterocycles. The van der Waals surface area contributed by atoms with Gasteiger partial charge in [0.1, 0.15) is 5.75 Å². The molecule has 3 rings (SSSR count). The smallest absolute Gasteiger partial charge is 0.247 e. The zero-order chi connectivity index (χ0) is 18.4. The Kier molecular flexibility index (Phi) is 5.63. The van der Waals surface area contributed by atoms with Gasteiger partial charge in [-0.3, -0.25) is 4.79 Å². The van der Waals surface area contributed by atoms with E-state index >= 15 is 0 Å². The van der Waals surface area contributed by atoms with Crippen molar-refractivity contribution >= 4 is 11.6 Å². The van der Waals surface area contributed by atoms with Gasteiger partial charge in [-0.05, 0) is 48.4 Å². The second-order valence-corrected chi connectivity index (χ2v) is 5.83. The van der Waals surface area contributed by atoms with Crippen LogP contribution in [0.5, 0.6) is 5.75 Å². The Hall–Kier alpha value is -3.15. The number of nitrogens with one attached hydrogen (secondary N) is 1. The second kappa shape index (κ2) is 8.29. The molecule has 0 unspecified atom stereocenters. The average molecular weight is 351 g/mol. The van der Waals surface area contributed by atoms with Gasteiger partial charge >= 0.3 is 0 Å². The van der Waals surface area contributed by atoms with E-state index in [2.05, 4.69) is 22.4 Å². The van der Waals surface area contributed by atoms with Crippen molar-refractivity contribution in [2.24, 2.45) is 0 Å². The first-order valence-electron chi connectivity index (χ1n) is 8.53. The van der Waals surface area contributed by atoms with Crippen molar-refractivity contribution in [1.82, 2.24) is 10.2 Å². The van der Waals surface area contributed by atoms with Crippen molar-refractivity contribution in [2.45, 2.75) is 26.2 Å². The number of carbonyl (C=O) groups is 1. The molecule has 3 aromatic rings. The van der Waals surface area contributed by atoms with Crippen molar-refractivity contribution in [3.8, 4) is 17.2 Å². The van der Waals surface area contributed by atoms with Crippen LogP contribution < -0.4 is 10.1 Å². The van der Waals surface area contributed by atoms with E-state index in [0.29, 0.717) is 18.2 Å². The van der Waals surface area contributed by atoms with Gasteiger partial charge in [0.05, 0.1) is 7.11 Å². The molecule has 0 atom stereocenters. The molecular weight excluding hydrogens is 330 g/mol. The Morgan fingerprint density at radius 1 is 1.08 bits per heavy atom. The Morgan fingerprint density at radius 3 is 2.46 bits per heavy atom. The summed E-state index contributed by atoms with van der Waals surface area (Å²) in [6.45, 7) is 2.10. The van der Waals surface area contributed by atoms with Gasteiger partial charge in [-0.25, -0.2) is 0 Å². The molecule has 1 heterocycles. The maximum Gasteiger partial charge on any atom is 0.247 e. The Morgan fingerprint density at radius 2 is 1.81 bits per heavy atom. The molecule has 6 nitrogen and oxygen atoms in total. The molecular formula is C20H21N3O3. The van der Waals surface area contributed by atoms with Crippen LogP contribution in [-0.2, 0) is 17.6 Å². The lowest BCUT2D eigenvalue weighted by Crippen LogP contribution is -2.12. The van der Waals surface area contributed by atoms with Gasteiger partial charge in [0.2, 0.25) is 17.7 Å². The molecule has 6 heteroatoms. The van der Waals surface area contributed by atoms with Crippen LogP contribution in [0.4, 0.5) is 5.69 Å². The van der Waals surface area contributed by atoms with Crippen molar-refractivity contribution in [1.29, 1.82) is 0 Å². The summed E-state index contributed by atoms with van der Waals surface area (Å²) in [4.78, 5) is 12.1. The third-order valence-corrected chi connectivity index (χ3v) is 4.02. The lowest BCUT2D eigenvalue weighted by atomic mass is 10.1. The zero-order valence-electron chi connectivity index (χ0n) is 14.9. The fourth-order valence-electron chi connectivity index (χ4n) is 2.47. The molecule has 26 heavy (non-hydrogen) atoms. The van der Waals surface area contributed by atoms with Gasteiger partial charge in [0.15, 0.2) is 0 Å². The summed E-state index contributed by atoms with van der Waals surface area (Å²) in [6, 6.07) is 15.2. The highest BCUT2D eigenvalue weighted by atomic mass is 16.5. The number of benzene rings is 2. The maximum atomic E-state index is 12.1. The monoisotopic (exact) mass is 351 g/mol. The summed E-state index contributed by atoms with van der Waals surface area (Å²) in [5.41, 5.74) is 2.83. The lowest BCUT2D eigenvalue weighted by molar-refractivity contribution is -0.116. The van der Waals surface area contributed by atoms with Crippen LogP contribution in [0.1, 0.15) is 24.8 Å². The Balaban J connectivity index is 1.54. The molecule has 0 radical (unpaired) electrons. The van der Waals surface area contributed by atoms with Gasteiger partial charge in [0, 0.05) is 24.1 Å². The average Bonchev–Trinajstić information content (AvgIpc) is 3.16. The zero-order valence-corrected chi connectivity index (χ0v) is 14.9. The number of aromatic nitrogens is 2. The summed E-state index contributed by atoms with van der Waals surface area (Å²) in [6.07, 6.45) is 1.64. The summed E-state index contributed by atoms with van der Waals surface area (Å²) in [5.74, 6) is 1.54. The number of nitrogens with zero attached hydrogens (tertiary/aromatic N) is 2. The molecule has 1 amide bonds. The molecule has 0 aliphatic rings. The molecule has 0 aliphatic heterocycles. The number of amides is 1. The van der Waals surface area contributed by atoms with E-state index in [1.165, 1.54) is 5.56 Å². The maximum absolute atomic E-state index is 12.1. The predicted octanol–water partition coefficient (Wildman–Crippen LogP) is 3.88. The molecule has 1 N–H and O–H groups in total.